The number of thioether (sulfide) groups is 1. The van der Waals surface area contributed by atoms with Crippen LogP contribution in [0.5, 0.6) is 0 Å². The molecule has 1 amide bonds. The third-order valence-corrected chi connectivity index (χ3v) is 5.75. The van der Waals surface area contributed by atoms with Crippen molar-refractivity contribution in [3.63, 3.8) is 0 Å². The van der Waals surface area contributed by atoms with Crippen molar-refractivity contribution in [2.24, 2.45) is 0 Å². The van der Waals surface area contributed by atoms with E-state index in [0.717, 1.165) is 16.9 Å². The third-order valence-electron chi connectivity index (χ3n) is 4.13. The number of pyridine rings is 1. The van der Waals surface area contributed by atoms with Gasteiger partial charge in [0.05, 0.1) is 11.4 Å². The van der Waals surface area contributed by atoms with E-state index in [9.17, 15) is 4.79 Å². The number of rotatable bonds is 6. The van der Waals surface area contributed by atoms with Crippen LogP contribution in [0, 0.1) is 13.8 Å². The molecule has 0 radical (unpaired) electrons. The fourth-order valence-corrected chi connectivity index (χ4v) is 4.16. The number of aryl methyl sites for hydroxylation is 2. The topological polar surface area (TPSA) is 85.6 Å². The van der Waals surface area contributed by atoms with Gasteiger partial charge < -0.3 is 5.32 Å². The van der Waals surface area contributed by atoms with E-state index in [2.05, 4.69) is 38.5 Å². The zero-order valence-corrected chi connectivity index (χ0v) is 17.5. The molecule has 0 aliphatic carbocycles. The quantitative estimate of drug-likeness (QED) is 0.470. The summed E-state index contributed by atoms with van der Waals surface area (Å²) in [5.74, 6) is 0.699. The van der Waals surface area contributed by atoms with Gasteiger partial charge in [0.25, 0.3) is 0 Å². The van der Waals surface area contributed by atoms with Crippen molar-refractivity contribution in [3.8, 4) is 17.2 Å². The molecule has 3 aromatic heterocycles. The molecule has 0 saturated heterocycles. The Morgan fingerprint density at radius 1 is 1.14 bits per heavy atom. The van der Waals surface area contributed by atoms with E-state index in [1.807, 2.05) is 47.2 Å². The molecule has 0 unspecified atom stereocenters. The third kappa shape index (κ3) is 4.36. The van der Waals surface area contributed by atoms with Gasteiger partial charge in [0.2, 0.25) is 5.91 Å². The van der Waals surface area contributed by atoms with Crippen molar-refractivity contribution >= 4 is 34.1 Å². The van der Waals surface area contributed by atoms with Crippen LogP contribution in [0.15, 0.2) is 59.3 Å². The van der Waals surface area contributed by atoms with Gasteiger partial charge >= 0.3 is 0 Å². The van der Waals surface area contributed by atoms with E-state index < -0.39 is 0 Å². The minimum Gasteiger partial charge on any atom is -0.301 e. The molecular weight excluding hydrogens is 404 g/mol. The van der Waals surface area contributed by atoms with Gasteiger partial charge in [-0.1, -0.05) is 35.5 Å². The van der Waals surface area contributed by atoms with Crippen LogP contribution in [0.3, 0.4) is 0 Å². The Hall–Kier alpha value is -3.04. The van der Waals surface area contributed by atoms with Crippen LogP contribution in [0.2, 0.25) is 0 Å². The number of benzene rings is 1. The molecule has 29 heavy (non-hydrogen) atoms. The van der Waals surface area contributed by atoms with Gasteiger partial charge in [0.1, 0.15) is 5.69 Å². The Morgan fingerprint density at radius 3 is 2.76 bits per heavy atom. The number of carbonyl (C=O) groups excluding carboxylic acids is 1. The number of nitrogens with zero attached hydrogens (tertiary/aromatic N) is 5. The molecule has 1 aromatic carbocycles. The lowest BCUT2D eigenvalue weighted by atomic mass is 10.1. The minimum atomic E-state index is -0.139. The number of nitrogens with one attached hydrogen (secondary N) is 1. The Kier molecular flexibility index (Phi) is 5.68. The van der Waals surface area contributed by atoms with Gasteiger partial charge in [-0.2, -0.15) is 0 Å². The van der Waals surface area contributed by atoms with E-state index in [1.165, 1.54) is 28.7 Å². The number of amides is 1. The van der Waals surface area contributed by atoms with Gasteiger partial charge in [0, 0.05) is 17.8 Å². The molecule has 0 aliphatic heterocycles. The van der Waals surface area contributed by atoms with Crippen LogP contribution in [0.1, 0.15) is 11.1 Å². The Morgan fingerprint density at radius 2 is 2.03 bits per heavy atom. The molecule has 0 aliphatic rings. The van der Waals surface area contributed by atoms with Crippen molar-refractivity contribution in [1.29, 1.82) is 0 Å². The number of anilines is 1. The number of hydrogen-bond donors (Lipinski definition) is 1. The molecule has 146 valence electrons. The Bertz CT molecular complexity index is 1130. The predicted molar refractivity (Wildman–Crippen MR) is 116 cm³/mol. The maximum Gasteiger partial charge on any atom is 0.236 e. The summed E-state index contributed by atoms with van der Waals surface area (Å²) in [6.45, 7) is 4.11. The zero-order valence-electron chi connectivity index (χ0n) is 15.9. The first-order valence-corrected chi connectivity index (χ1v) is 10.7. The van der Waals surface area contributed by atoms with Crippen LogP contribution < -0.4 is 5.32 Å². The summed E-state index contributed by atoms with van der Waals surface area (Å²) in [5, 5.41) is 14.5. The Labute approximate surface area is 176 Å². The molecule has 3 heterocycles. The van der Waals surface area contributed by atoms with Crippen molar-refractivity contribution in [1.82, 2.24) is 24.7 Å². The smallest absolute Gasteiger partial charge is 0.236 e. The molecule has 7 nitrogen and oxygen atoms in total. The van der Waals surface area contributed by atoms with E-state index in [1.54, 1.807) is 12.4 Å². The second kappa shape index (κ2) is 8.54. The fraction of sp³-hybridized carbons (Fsp3) is 0.150. The van der Waals surface area contributed by atoms with Gasteiger partial charge in [-0.15, -0.1) is 21.5 Å². The highest BCUT2D eigenvalue weighted by Gasteiger charge is 2.19. The monoisotopic (exact) mass is 422 g/mol. The number of hydrogen-bond acceptors (Lipinski definition) is 7. The second-order valence-electron chi connectivity index (χ2n) is 6.32. The van der Waals surface area contributed by atoms with E-state index in [-0.39, 0.29) is 11.7 Å². The SMILES string of the molecule is Cc1ccc(-n2c(SCC(=O)Nc3nccs3)nnc2-c2ccccn2)c(C)c1. The van der Waals surface area contributed by atoms with E-state index >= 15 is 0 Å². The standard InChI is InChI=1S/C20H18N6OS2/c1-13-6-7-16(14(2)11-13)26-18(15-5-3-4-8-21-15)24-25-20(26)29-12-17(27)23-19-22-9-10-28-19/h3-11H,12H2,1-2H3,(H,22,23,27). The summed E-state index contributed by atoms with van der Waals surface area (Å²) in [6.07, 6.45) is 3.38. The van der Waals surface area contributed by atoms with Gasteiger partial charge in [-0.3, -0.25) is 14.3 Å². The highest BCUT2D eigenvalue weighted by molar-refractivity contribution is 7.99. The fourth-order valence-electron chi connectivity index (χ4n) is 2.87. The molecule has 0 bridgehead atoms. The number of carbonyl (C=O) groups is 1. The van der Waals surface area contributed by atoms with Crippen LogP contribution in [-0.4, -0.2) is 36.4 Å². The lowest BCUT2D eigenvalue weighted by Crippen LogP contribution is -2.14. The number of thiazole rings is 1. The lowest BCUT2D eigenvalue weighted by Gasteiger charge is -2.13. The number of aromatic nitrogens is 5. The molecule has 0 saturated carbocycles. The van der Waals surface area contributed by atoms with Crippen LogP contribution in [0.4, 0.5) is 5.13 Å². The molecule has 4 aromatic rings. The molecule has 9 heteroatoms. The van der Waals surface area contributed by atoms with Crippen LogP contribution in [-0.2, 0) is 4.79 Å². The summed E-state index contributed by atoms with van der Waals surface area (Å²) in [4.78, 5) is 20.8. The lowest BCUT2D eigenvalue weighted by molar-refractivity contribution is -0.113. The maximum atomic E-state index is 12.3. The molecule has 4 rings (SSSR count). The van der Waals surface area contributed by atoms with Gasteiger partial charge in [-0.05, 0) is 37.6 Å². The summed E-state index contributed by atoms with van der Waals surface area (Å²) >= 11 is 2.71. The highest BCUT2D eigenvalue weighted by atomic mass is 32.2. The van der Waals surface area contributed by atoms with Crippen LogP contribution >= 0.6 is 23.1 Å². The molecular formula is C20H18N6OS2. The van der Waals surface area contributed by atoms with Gasteiger partial charge in [0.15, 0.2) is 16.1 Å². The van der Waals surface area contributed by atoms with Crippen molar-refractivity contribution in [2.45, 2.75) is 19.0 Å². The predicted octanol–water partition coefficient (Wildman–Crippen LogP) is 4.13. The highest BCUT2D eigenvalue weighted by Crippen LogP contribution is 2.29. The summed E-state index contributed by atoms with van der Waals surface area (Å²) in [6, 6.07) is 11.9. The summed E-state index contributed by atoms with van der Waals surface area (Å²) < 4.78 is 1.96. The average Bonchev–Trinajstić information content (AvgIpc) is 3.37. The average molecular weight is 423 g/mol. The molecule has 0 atom stereocenters. The van der Waals surface area contributed by atoms with E-state index in [0.29, 0.717) is 16.1 Å². The zero-order chi connectivity index (χ0) is 20.2. The second-order valence-corrected chi connectivity index (χ2v) is 8.16. The first kappa shape index (κ1) is 19.3. The molecule has 0 fully saturated rings. The normalized spacial score (nSPS) is 10.8. The summed E-state index contributed by atoms with van der Waals surface area (Å²) in [7, 11) is 0. The van der Waals surface area contributed by atoms with Gasteiger partial charge in [-0.25, -0.2) is 4.98 Å². The van der Waals surface area contributed by atoms with Crippen molar-refractivity contribution < 1.29 is 4.79 Å². The Balaban J connectivity index is 1.66. The minimum absolute atomic E-state index is 0.139. The largest absolute Gasteiger partial charge is 0.301 e. The van der Waals surface area contributed by atoms with E-state index in [4.69, 9.17) is 0 Å². The first-order valence-electron chi connectivity index (χ1n) is 8.88. The molecule has 0 spiro atoms. The first-order chi connectivity index (χ1) is 14.1. The van der Waals surface area contributed by atoms with Crippen LogP contribution in [0.25, 0.3) is 17.2 Å². The van der Waals surface area contributed by atoms with Crippen molar-refractivity contribution in [3.05, 3.63) is 65.3 Å². The maximum absolute atomic E-state index is 12.3. The molecule has 1 N–H and O–H groups in total. The van der Waals surface area contributed by atoms with Crippen molar-refractivity contribution in [2.75, 3.05) is 11.1 Å². The summed E-state index contributed by atoms with van der Waals surface area (Å²) in [5.41, 5.74) is 3.95.